The summed E-state index contributed by atoms with van der Waals surface area (Å²) in [6.07, 6.45) is -2.86. The molecule has 13 heteroatoms. The molecule has 0 saturated carbocycles. The molecule has 0 spiro atoms. The minimum atomic E-state index is -4.56. The highest BCUT2D eigenvalue weighted by atomic mass is 35.5. The van der Waals surface area contributed by atoms with Crippen LogP contribution in [0.25, 0.3) is 5.57 Å². The van der Waals surface area contributed by atoms with E-state index in [2.05, 4.69) is 4.98 Å². The van der Waals surface area contributed by atoms with Crippen LogP contribution in [-0.4, -0.2) is 56.1 Å². The molecule has 0 aromatic carbocycles. The number of rotatable bonds is 7. The zero-order valence-electron chi connectivity index (χ0n) is 14.5. The second-order valence-electron chi connectivity index (χ2n) is 5.69. The van der Waals surface area contributed by atoms with E-state index in [1.807, 2.05) is 0 Å². The van der Waals surface area contributed by atoms with E-state index in [0.717, 1.165) is 17.5 Å². The summed E-state index contributed by atoms with van der Waals surface area (Å²) in [7, 11) is -2.21. The maximum absolute atomic E-state index is 13.5. The maximum Gasteiger partial charge on any atom is 0.400 e. The summed E-state index contributed by atoms with van der Waals surface area (Å²) in [6.45, 7) is 1.76. The van der Waals surface area contributed by atoms with E-state index in [0.29, 0.717) is 10.6 Å². The molecule has 28 heavy (non-hydrogen) atoms. The fraction of sp³-hybridized carbons (Fsp3) is 0.467. The Morgan fingerprint density at radius 1 is 1.50 bits per heavy atom. The van der Waals surface area contributed by atoms with Gasteiger partial charge in [0.2, 0.25) is 5.91 Å². The molecule has 0 saturated heterocycles. The van der Waals surface area contributed by atoms with Crippen molar-refractivity contribution in [3.8, 4) is 0 Å². The van der Waals surface area contributed by atoms with E-state index in [4.69, 9.17) is 11.6 Å². The van der Waals surface area contributed by atoms with Gasteiger partial charge in [-0.25, -0.2) is 9.37 Å². The summed E-state index contributed by atoms with van der Waals surface area (Å²) in [6, 6.07) is 0. The predicted octanol–water partition coefficient (Wildman–Crippen LogP) is 3.75. The van der Waals surface area contributed by atoms with E-state index >= 15 is 0 Å². The number of anilines is 1. The number of carbonyl (C=O) groups excluding carboxylic acids is 1. The van der Waals surface area contributed by atoms with Crippen molar-refractivity contribution in [3.63, 3.8) is 0 Å². The van der Waals surface area contributed by atoms with E-state index in [1.165, 1.54) is 11.0 Å². The first-order valence-electron chi connectivity index (χ1n) is 7.92. The van der Waals surface area contributed by atoms with Gasteiger partial charge in [0.1, 0.15) is 21.6 Å². The number of carbonyl (C=O) groups is 1. The number of halogens is 5. The van der Waals surface area contributed by atoms with Crippen LogP contribution in [0.3, 0.4) is 0 Å². The maximum atomic E-state index is 13.5. The number of nitrogens with zero attached hydrogens (tertiary/aromatic N) is 3. The average Bonchev–Trinajstić information content (AvgIpc) is 2.93. The van der Waals surface area contributed by atoms with Crippen molar-refractivity contribution in [2.24, 2.45) is 0 Å². The van der Waals surface area contributed by atoms with Crippen LogP contribution in [0.4, 0.5) is 22.6 Å². The molecule has 2 rings (SSSR count). The SMILES string of the molecule is CCN(C(=O)CCS(=O)CC(F)(F)F)c1sc(C2=CC(F)=CN(O)C2)nc1Cl. The molecule has 0 aliphatic carbocycles. The molecule has 1 N–H and O–H groups in total. The second-order valence-corrected chi connectivity index (χ2v) is 8.60. The summed E-state index contributed by atoms with van der Waals surface area (Å²) in [5, 5.41) is 10.6. The number of amides is 1. The molecule has 1 aliphatic heterocycles. The van der Waals surface area contributed by atoms with Crippen LogP contribution >= 0.6 is 22.9 Å². The summed E-state index contributed by atoms with van der Waals surface area (Å²) in [5.41, 5.74) is 0.343. The Balaban J connectivity index is 2.12. The molecule has 0 bridgehead atoms. The van der Waals surface area contributed by atoms with Crippen LogP contribution in [0.15, 0.2) is 18.1 Å². The third-order valence-corrected chi connectivity index (χ3v) is 6.33. The van der Waals surface area contributed by atoms with Crippen molar-refractivity contribution in [1.29, 1.82) is 0 Å². The topological polar surface area (TPSA) is 73.7 Å². The number of hydroxylamine groups is 2. The lowest BCUT2D eigenvalue weighted by Crippen LogP contribution is -2.32. The van der Waals surface area contributed by atoms with E-state index in [9.17, 15) is 31.8 Å². The summed E-state index contributed by atoms with van der Waals surface area (Å²) in [4.78, 5) is 17.7. The van der Waals surface area contributed by atoms with Gasteiger partial charge in [0, 0.05) is 35.1 Å². The largest absolute Gasteiger partial charge is 0.400 e. The quantitative estimate of drug-likeness (QED) is 0.626. The first-order valence-corrected chi connectivity index (χ1v) is 10.6. The lowest BCUT2D eigenvalue weighted by molar-refractivity contribution is -0.118. The highest BCUT2D eigenvalue weighted by Crippen LogP contribution is 2.37. The first kappa shape index (κ1) is 22.8. The van der Waals surface area contributed by atoms with Gasteiger partial charge in [-0.15, -0.1) is 0 Å². The molecular formula is C15H16ClF4N3O3S2. The van der Waals surface area contributed by atoms with Gasteiger partial charge in [0.25, 0.3) is 0 Å². The van der Waals surface area contributed by atoms with Gasteiger partial charge in [-0.2, -0.15) is 13.2 Å². The van der Waals surface area contributed by atoms with Gasteiger partial charge in [-0.05, 0) is 13.0 Å². The molecule has 6 nitrogen and oxygen atoms in total. The highest BCUT2D eigenvalue weighted by Gasteiger charge is 2.31. The molecule has 2 heterocycles. The minimum absolute atomic E-state index is 0.0345. The van der Waals surface area contributed by atoms with Crippen molar-refractivity contribution < 1.29 is 31.8 Å². The normalized spacial score (nSPS) is 15.9. The van der Waals surface area contributed by atoms with Crippen molar-refractivity contribution in [3.05, 3.63) is 28.3 Å². The zero-order chi connectivity index (χ0) is 21.1. The molecule has 0 radical (unpaired) electrons. The van der Waals surface area contributed by atoms with Crippen LogP contribution < -0.4 is 4.90 Å². The summed E-state index contributed by atoms with van der Waals surface area (Å²) < 4.78 is 61.6. The predicted molar refractivity (Wildman–Crippen MR) is 99.4 cm³/mol. The Bertz CT molecular complexity index is 826. The van der Waals surface area contributed by atoms with Gasteiger partial charge in [0.15, 0.2) is 5.15 Å². The average molecular weight is 462 g/mol. The zero-order valence-corrected chi connectivity index (χ0v) is 16.9. The molecule has 1 aliphatic rings. The van der Waals surface area contributed by atoms with Crippen molar-refractivity contribution in [2.75, 3.05) is 29.5 Å². The Kier molecular flexibility index (Phi) is 7.59. The minimum Gasteiger partial charge on any atom is -0.301 e. The highest BCUT2D eigenvalue weighted by molar-refractivity contribution is 7.85. The van der Waals surface area contributed by atoms with Gasteiger partial charge >= 0.3 is 6.18 Å². The first-order chi connectivity index (χ1) is 13.0. The Labute approximate surface area is 169 Å². The van der Waals surface area contributed by atoms with Crippen LogP contribution in [0.5, 0.6) is 0 Å². The molecular weight excluding hydrogens is 446 g/mol. The van der Waals surface area contributed by atoms with Gasteiger partial charge in [-0.3, -0.25) is 19.3 Å². The molecule has 1 unspecified atom stereocenters. The van der Waals surface area contributed by atoms with E-state index in [1.54, 1.807) is 6.92 Å². The fourth-order valence-corrected chi connectivity index (χ4v) is 4.67. The Morgan fingerprint density at radius 2 is 2.18 bits per heavy atom. The van der Waals surface area contributed by atoms with Crippen molar-refractivity contribution in [1.82, 2.24) is 10.0 Å². The number of hydrogen-bond donors (Lipinski definition) is 1. The molecule has 0 fully saturated rings. The van der Waals surface area contributed by atoms with Crippen molar-refractivity contribution >= 4 is 50.2 Å². The van der Waals surface area contributed by atoms with Gasteiger partial charge in [-0.1, -0.05) is 22.9 Å². The Hall–Kier alpha value is -1.50. The second kappa shape index (κ2) is 9.33. The van der Waals surface area contributed by atoms with E-state index in [-0.39, 0.29) is 34.7 Å². The number of alkyl halides is 3. The third-order valence-electron chi connectivity index (χ3n) is 3.49. The van der Waals surface area contributed by atoms with Crippen LogP contribution in [-0.2, 0) is 15.6 Å². The smallest absolute Gasteiger partial charge is 0.301 e. The molecule has 156 valence electrons. The Morgan fingerprint density at radius 3 is 2.75 bits per heavy atom. The van der Waals surface area contributed by atoms with Crippen LogP contribution in [0.2, 0.25) is 5.15 Å². The van der Waals surface area contributed by atoms with E-state index < -0.39 is 40.2 Å². The lowest BCUT2D eigenvalue weighted by Gasteiger charge is -2.19. The van der Waals surface area contributed by atoms with Crippen LogP contribution in [0.1, 0.15) is 18.4 Å². The molecule has 1 aromatic heterocycles. The monoisotopic (exact) mass is 461 g/mol. The number of allylic oxidation sites excluding steroid dienone is 2. The van der Waals surface area contributed by atoms with Gasteiger partial charge in [0.05, 0.1) is 12.7 Å². The van der Waals surface area contributed by atoms with Crippen molar-refractivity contribution in [2.45, 2.75) is 19.5 Å². The number of hydrogen-bond acceptors (Lipinski definition) is 6. The fourth-order valence-electron chi connectivity index (χ4n) is 2.36. The lowest BCUT2D eigenvalue weighted by atomic mass is 10.2. The van der Waals surface area contributed by atoms with Gasteiger partial charge < -0.3 is 4.90 Å². The van der Waals surface area contributed by atoms with Crippen LogP contribution in [0, 0.1) is 0 Å². The standard InChI is InChI=1S/C15H16ClF4N3O3S2/c1-2-23(11(24)3-4-28(26)8-15(18,19)20)14-12(16)21-13(27-14)9-5-10(17)7-22(25)6-9/h5,7,25H,2-4,6,8H2,1H3. The molecule has 1 aromatic rings. The molecule has 1 atom stereocenters. The summed E-state index contributed by atoms with van der Waals surface area (Å²) >= 11 is 7.07. The number of aromatic nitrogens is 1. The molecule has 1 amide bonds. The number of thiazole rings is 1. The summed E-state index contributed by atoms with van der Waals surface area (Å²) in [5.74, 6) is -3.14. The third kappa shape index (κ3) is 6.26.